The van der Waals surface area contributed by atoms with Crippen LogP contribution in [-0.2, 0) is 11.2 Å². The quantitative estimate of drug-likeness (QED) is 0.675. The number of likely N-dealkylation sites (tertiary alicyclic amines) is 1. The maximum absolute atomic E-state index is 13.5. The van der Waals surface area contributed by atoms with Crippen LogP contribution in [0.2, 0.25) is 0 Å². The van der Waals surface area contributed by atoms with Crippen molar-refractivity contribution in [1.82, 2.24) is 15.1 Å². The first kappa shape index (κ1) is 22.7. The Morgan fingerprint density at radius 1 is 1.10 bits per heavy atom. The van der Waals surface area contributed by atoms with Crippen LogP contribution in [0.3, 0.4) is 0 Å². The first-order chi connectivity index (χ1) is 14.9. The molecule has 2 N–H and O–H groups in total. The summed E-state index contributed by atoms with van der Waals surface area (Å²) < 4.78 is 13.5. The number of carbonyl (C=O) groups excluding carboxylic acids is 2. The summed E-state index contributed by atoms with van der Waals surface area (Å²) in [4.78, 5) is 28.4. The fourth-order valence-electron chi connectivity index (χ4n) is 3.81. The van der Waals surface area contributed by atoms with Crippen molar-refractivity contribution in [1.29, 1.82) is 0 Å². The zero-order chi connectivity index (χ0) is 22.2. The van der Waals surface area contributed by atoms with Gasteiger partial charge >= 0.3 is 6.03 Å². The van der Waals surface area contributed by atoms with E-state index in [1.807, 2.05) is 54.2 Å². The van der Waals surface area contributed by atoms with E-state index >= 15 is 0 Å². The van der Waals surface area contributed by atoms with Crippen LogP contribution in [0.5, 0.6) is 0 Å². The van der Waals surface area contributed by atoms with Gasteiger partial charge in [0.15, 0.2) is 0 Å². The Morgan fingerprint density at radius 3 is 2.45 bits per heavy atom. The molecular formula is C24H31FN4O2. The van der Waals surface area contributed by atoms with Gasteiger partial charge in [-0.3, -0.25) is 4.79 Å². The van der Waals surface area contributed by atoms with Crippen molar-refractivity contribution in [2.45, 2.75) is 31.7 Å². The molecule has 2 aromatic carbocycles. The number of aryl methyl sites for hydroxylation is 1. The second-order valence-electron chi connectivity index (χ2n) is 8.15. The zero-order valence-corrected chi connectivity index (χ0v) is 18.2. The average molecular weight is 427 g/mol. The lowest BCUT2D eigenvalue weighted by molar-refractivity contribution is -0.130. The normalized spacial score (nSPS) is 14.5. The number of carbonyl (C=O) groups is 2. The Balaban J connectivity index is 1.46. The Kier molecular flexibility index (Phi) is 8.00. The molecule has 31 heavy (non-hydrogen) atoms. The number of nitrogens with zero attached hydrogens (tertiary/aromatic N) is 2. The zero-order valence-electron chi connectivity index (χ0n) is 18.2. The second-order valence-corrected chi connectivity index (χ2v) is 8.15. The van der Waals surface area contributed by atoms with E-state index in [1.165, 1.54) is 12.1 Å². The topological polar surface area (TPSA) is 64.7 Å². The summed E-state index contributed by atoms with van der Waals surface area (Å²) in [6.45, 7) is 2.11. The third kappa shape index (κ3) is 6.79. The number of hydrogen-bond acceptors (Lipinski definition) is 3. The largest absolute Gasteiger partial charge is 0.343 e. The second kappa shape index (κ2) is 10.9. The maximum atomic E-state index is 13.5. The van der Waals surface area contributed by atoms with Gasteiger partial charge in [0.2, 0.25) is 5.91 Å². The van der Waals surface area contributed by atoms with Crippen molar-refractivity contribution in [3.05, 3.63) is 65.5 Å². The van der Waals surface area contributed by atoms with Crippen LogP contribution in [0.15, 0.2) is 48.5 Å². The van der Waals surface area contributed by atoms with Gasteiger partial charge < -0.3 is 20.4 Å². The number of urea groups is 1. The highest BCUT2D eigenvalue weighted by Gasteiger charge is 2.18. The van der Waals surface area contributed by atoms with E-state index in [4.69, 9.17) is 0 Å². The highest BCUT2D eigenvalue weighted by molar-refractivity contribution is 5.89. The van der Waals surface area contributed by atoms with Crippen molar-refractivity contribution in [3.63, 3.8) is 0 Å². The van der Waals surface area contributed by atoms with Crippen molar-refractivity contribution in [2.75, 3.05) is 39.0 Å². The lowest BCUT2D eigenvalue weighted by atomic mass is 10.1. The molecule has 0 aromatic heterocycles. The Morgan fingerprint density at radius 2 is 1.81 bits per heavy atom. The molecule has 7 heteroatoms. The molecule has 0 bridgehead atoms. The Labute approximate surface area is 183 Å². The van der Waals surface area contributed by atoms with Crippen LogP contribution < -0.4 is 10.6 Å². The molecule has 1 heterocycles. The fraction of sp³-hybridized carbons (Fsp3) is 0.417. The van der Waals surface area contributed by atoms with Gasteiger partial charge in [-0.2, -0.15) is 0 Å². The number of anilines is 1. The van der Waals surface area contributed by atoms with Gasteiger partial charge in [-0.05, 0) is 68.8 Å². The molecule has 166 valence electrons. The highest BCUT2D eigenvalue weighted by Crippen LogP contribution is 2.18. The minimum atomic E-state index is -0.319. The van der Waals surface area contributed by atoms with E-state index in [0.717, 1.165) is 37.1 Å². The van der Waals surface area contributed by atoms with Crippen molar-refractivity contribution in [2.24, 2.45) is 0 Å². The standard InChI is InChI=1S/C24H31FN4O2/c1-28(2)22(19-6-5-7-20(25)16-19)17-26-24(31)27-21-11-8-18(9-12-21)10-13-23(30)29-14-3-4-15-29/h5-9,11-12,16,22H,3-4,10,13-15,17H2,1-2H3,(H2,26,27,31). The van der Waals surface area contributed by atoms with Gasteiger partial charge in [0.25, 0.3) is 0 Å². The number of amides is 3. The molecule has 6 nitrogen and oxygen atoms in total. The lowest BCUT2D eigenvalue weighted by Gasteiger charge is -2.25. The number of nitrogens with one attached hydrogen (secondary N) is 2. The van der Waals surface area contributed by atoms with Crippen LogP contribution in [0.4, 0.5) is 14.9 Å². The molecule has 1 aliphatic rings. The SMILES string of the molecule is CN(C)C(CNC(=O)Nc1ccc(CCC(=O)N2CCCC2)cc1)c1cccc(F)c1. The summed E-state index contributed by atoms with van der Waals surface area (Å²) >= 11 is 0. The van der Waals surface area contributed by atoms with Crippen molar-refractivity contribution in [3.8, 4) is 0 Å². The van der Waals surface area contributed by atoms with Crippen LogP contribution in [0, 0.1) is 5.82 Å². The molecule has 1 atom stereocenters. The average Bonchev–Trinajstić information content (AvgIpc) is 3.28. The van der Waals surface area contributed by atoms with E-state index < -0.39 is 0 Å². The highest BCUT2D eigenvalue weighted by atomic mass is 19.1. The van der Waals surface area contributed by atoms with Gasteiger partial charge in [-0.1, -0.05) is 24.3 Å². The Hall–Kier alpha value is -2.93. The molecule has 3 rings (SSSR count). The van der Waals surface area contributed by atoms with E-state index in [9.17, 15) is 14.0 Å². The van der Waals surface area contributed by atoms with Gasteiger partial charge in [-0.15, -0.1) is 0 Å². The summed E-state index contributed by atoms with van der Waals surface area (Å²) in [5.41, 5.74) is 2.55. The first-order valence-electron chi connectivity index (χ1n) is 10.8. The number of halogens is 1. The first-order valence-corrected chi connectivity index (χ1v) is 10.8. The minimum absolute atomic E-state index is 0.142. The van der Waals surface area contributed by atoms with E-state index in [2.05, 4.69) is 10.6 Å². The number of hydrogen-bond donors (Lipinski definition) is 2. The predicted octanol–water partition coefficient (Wildman–Crippen LogP) is 3.81. The smallest absolute Gasteiger partial charge is 0.319 e. The molecular weight excluding hydrogens is 395 g/mol. The van der Waals surface area contributed by atoms with E-state index in [-0.39, 0.29) is 23.8 Å². The summed E-state index contributed by atoms with van der Waals surface area (Å²) in [6, 6.07) is 13.5. The van der Waals surface area contributed by atoms with Gasteiger partial charge in [0, 0.05) is 31.7 Å². The number of likely N-dealkylation sites (N-methyl/N-ethyl adjacent to an activating group) is 1. The third-order valence-electron chi connectivity index (χ3n) is 5.61. The fourth-order valence-corrected chi connectivity index (χ4v) is 3.81. The van der Waals surface area contributed by atoms with Crippen LogP contribution in [0.1, 0.15) is 36.4 Å². The molecule has 0 spiro atoms. The summed E-state index contributed by atoms with van der Waals surface area (Å²) in [6.07, 6.45) is 3.41. The summed E-state index contributed by atoms with van der Waals surface area (Å²) in [5.74, 6) is -0.0798. The molecule has 1 fully saturated rings. The monoisotopic (exact) mass is 426 g/mol. The predicted molar refractivity (Wildman–Crippen MR) is 120 cm³/mol. The maximum Gasteiger partial charge on any atom is 0.319 e. The summed E-state index contributed by atoms with van der Waals surface area (Å²) in [5, 5.41) is 5.67. The molecule has 1 saturated heterocycles. The van der Waals surface area contributed by atoms with E-state index in [0.29, 0.717) is 25.1 Å². The molecule has 3 amide bonds. The van der Waals surface area contributed by atoms with E-state index in [1.54, 1.807) is 6.07 Å². The van der Waals surface area contributed by atoms with Gasteiger partial charge in [0.1, 0.15) is 5.82 Å². The minimum Gasteiger partial charge on any atom is -0.343 e. The molecule has 2 aromatic rings. The number of benzene rings is 2. The van der Waals surface area contributed by atoms with Gasteiger partial charge in [-0.25, -0.2) is 9.18 Å². The van der Waals surface area contributed by atoms with Crippen molar-refractivity contribution >= 4 is 17.6 Å². The molecule has 0 radical (unpaired) electrons. The molecule has 1 aliphatic heterocycles. The molecule has 1 unspecified atom stereocenters. The van der Waals surface area contributed by atoms with Crippen LogP contribution >= 0.6 is 0 Å². The third-order valence-corrected chi connectivity index (χ3v) is 5.61. The number of rotatable bonds is 8. The Bertz CT molecular complexity index is 879. The van der Waals surface area contributed by atoms with Crippen molar-refractivity contribution < 1.29 is 14.0 Å². The summed E-state index contributed by atoms with van der Waals surface area (Å²) in [7, 11) is 3.78. The van der Waals surface area contributed by atoms with Crippen LogP contribution in [-0.4, -0.2) is 55.5 Å². The lowest BCUT2D eigenvalue weighted by Crippen LogP contribution is -2.36. The van der Waals surface area contributed by atoms with Gasteiger partial charge in [0.05, 0.1) is 6.04 Å². The molecule has 0 aliphatic carbocycles. The molecule has 0 saturated carbocycles. The van der Waals surface area contributed by atoms with Crippen LogP contribution in [0.25, 0.3) is 0 Å².